The number of nitrogens with one attached hydrogen (secondary N) is 1. The third-order valence-electron chi connectivity index (χ3n) is 1.90. The van der Waals surface area contributed by atoms with E-state index in [-0.39, 0.29) is 0 Å². The first kappa shape index (κ1) is 12.9. The van der Waals surface area contributed by atoms with E-state index in [9.17, 15) is 0 Å². The van der Waals surface area contributed by atoms with Gasteiger partial charge in [0.05, 0.1) is 0 Å². The Kier molecular flexibility index (Phi) is 7.29. The van der Waals surface area contributed by atoms with Crippen LogP contribution in [0.5, 0.6) is 0 Å². The highest BCUT2D eigenvalue weighted by Gasteiger charge is 2.08. The highest BCUT2D eigenvalue weighted by atomic mass is 16.5. The summed E-state index contributed by atoms with van der Waals surface area (Å²) in [5.41, 5.74) is 0.451. The van der Waals surface area contributed by atoms with E-state index in [1.807, 2.05) is 6.92 Å². The number of rotatable bonds is 7. The second kappa shape index (κ2) is 7.34. The lowest BCUT2D eigenvalue weighted by atomic mass is 9.92. The molecule has 0 aromatic heterocycles. The molecule has 2 heteroatoms. The zero-order chi connectivity index (χ0) is 10.2. The van der Waals surface area contributed by atoms with E-state index >= 15 is 0 Å². The van der Waals surface area contributed by atoms with Crippen LogP contribution in [-0.2, 0) is 4.74 Å². The molecule has 0 atom stereocenters. The molecular weight excluding hydrogens is 162 g/mol. The van der Waals surface area contributed by atoms with Gasteiger partial charge in [0.1, 0.15) is 0 Å². The van der Waals surface area contributed by atoms with E-state index < -0.39 is 0 Å². The van der Waals surface area contributed by atoms with Crippen LogP contribution in [0.15, 0.2) is 0 Å². The third kappa shape index (κ3) is 11.9. The van der Waals surface area contributed by atoms with Gasteiger partial charge in [-0.15, -0.1) is 0 Å². The highest BCUT2D eigenvalue weighted by Crippen LogP contribution is 2.16. The van der Waals surface area contributed by atoms with Crippen LogP contribution in [0.1, 0.15) is 40.5 Å². The fraction of sp³-hybridized carbons (Fsp3) is 1.00. The number of ether oxygens (including phenoxy) is 1. The molecule has 0 heterocycles. The van der Waals surface area contributed by atoms with Crippen LogP contribution < -0.4 is 5.32 Å². The summed E-state index contributed by atoms with van der Waals surface area (Å²) in [5, 5.41) is 3.42. The molecule has 1 N–H and O–H groups in total. The van der Waals surface area contributed by atoms with Gasteiger partial charge in [0.25, 0.3) is 0 Å². The van der Waals surface area contributed by atoms with Crippen molar-refractivity contribution >= 4 is 0 Å². The Hall–Kier alpha value is -0.0800. The lowest BCUT2D eigenvalue weighted by Gasteiger charge is -2.17. The molecule has 0 aliphatic rings. The molecule has 2 nitrogen and oxygen atoms in total. The Balaban J connectivity index is 3.00. The van der Waals surface area contributed by atoms with Crippen LogP contribution in [0.25, 0.3) is 0 Å². The fourth-order valence-electron chi connectivity index (χ4n) is 1.03. The van der Waals surface area contributed by atoms with Crippen molar-refractivity contribution in [3.8, 4) is 0 Å². The molecule has 0 amide bonds. The second-order valence-electron chi connectivity index (χ2n) is 4.61. The summed E-state index contributed by atoms with van der Waals surface area (Å²) in [6.45, 7) is 12.8. The molecule has 0 bridgehead atoms. The van der Waals surface area contributed by atoms with E-state index in [0.29, 0.717) is 5.41 Å². The van der Waals surface area contributed by atoms with E-state index in [1.54, 1.807) is 0 Å². The minimum Gasteiger partial charge on any atom is -0.382 e. The Morgan fingerprint density at radius 2 is 1.85 bits per heavy atom. The van der Waals surface area contributed by atoms with Crippen molar-refractivity contribution in [3.05, 3.63) is 0 Å². The first-order chi connectivity index (χ1) is 6.06. The minimum absolute atomic E-state index is 0.451. The first-order valence-corrected chi connectivity index (χ1v) is 5.35. The maximum atomic E-state index is 5.24. The maximum absolute atomic E-state index is 5.24. The average Bonchev–Trinajstić information content (AvgIpc) is 2.01. The minimum atomic E-state index is 0.451. The van der Waals surface area contributed by atoms with Crippen LogP contribution >= 0.6 is 0 Å². The summed E-state index contributed by atoms with van der Waals surface area (Å²) >= 11 is 0. The van der Waals surface area contributed by atoms with Crippen molar-refractivity contribution in [2.24, 2.45) is 5.41 Å². The molecule has 0 aromatic carbocycles. The largest absolute Gasteiger partial charge is 0.382 e. The van der Waals surface area contributed by atoms with Crippen LogP contribution in [0.4, 0.5) is 0 Å². The molecule has 0 aromatic rings. The summed E-state index contributed by atoms with van der Waals surface area (Å²) in [5.74, 6) is 0. The summed E-state index contributed by atoms with van der Waals surface area (Å²) in [4.78, 5) is 0. The van der Waals surface area contributed by atoms with Crippen LogP contribution in [-0.4, -0.2) is 26.3 Å². The van der Waals surface area contributed by atoms with Crippen molar-refractivity contribution in [1.82, 2.24) is 5.32 Å². The predicted octanol–water partition coefficient (Wildman–Crippen LogP) is 2.44. The van der Waals surface area contributed by atoms with E-state index in [2.05, 4.69) is 26.1 Å². The third-order valence-corrected chi connectivity index (χ3v) is 1.90. The van der Waals surface area contributed by atoms with Crippen LogP contribution in [0, 0.1) is 5.41 Å². The van der Waals surface area contributed by atoms with Crippen LogP contribution in [0.3, 0.4) is 0 Å². The topological polar surface area (TPSA) is 21.3 Å². The van der Waals surface area contributed by atoms with Gasteiger partial charge in [-0.25, -0.2) is 0 Å². The normalized spacial score (nSPS) is 12.0. The van der Waals surface area contributed by atoms with Crippen molar-refractivity contribution in [3.63, 3.8) is 0 Å². The molecule has 0 fully saturated rings. The quantitative estimate of drug-likeness (QED) is 0.618. The van der Waals surface area contributed by atoms with Gasteiger partial charge >= 0.3 is 0 Å². The standard InChI is InChI=1S/C11H25NO/c1-5-13-10-6-8-12-9-7-11(2,3)4/h12H,5-10H2,1-4H3. The first-order valence-electron chi connectivity index (χ1n) is 5.35. The summed E-state index contributed by atoms with van der Waals surface area (Å²) in [6.07, 6.45) is 2.36. The van der Waals surface area contributed by atoms with Gasteiger partial charge in [-0.05, 0) is 38.3 Å². The van der Waals surface area contributed by atoms with Crippen molar-refractivity contribution < 1.29 is 4.74 Å². The van der Waals surface area contributed by atoms with Crippen molar-refractivity contribution in [2.45, 2.75) is 40.5 Å². The summed E-state index contributed by atoms with van der Waals surface area (Å²) in [7, 11) is 0. The molecule has 0 radical (unpaired) electrons. The highest BCUT2D eigenvalue weighted by molar-refractivity contribution is 4.62. The van der Waals surface area contributed by atoms with Crippen molar-refractivity contribution in [2.75, 3.05) is 26.3 Å². The monoisotopic (exact) mass is 187 g/mol. The van der Waals surface area contributed by atoms with Gasteiger partial charge in [-0.1, -0.05) is 20.8 Å². The SMILES string of the molecule is CCOCCCNCCC(C)(C)C. The summed E-state index contributed by atoms with van der Waals surface area (Å²) < 4.78 is 5.24. The predicted molar refractivity (Wildman–Crippen MR) is 58.1 cm³/mol. The maximum Gasteiger partial charge on any atom is 0.0477 e. The molecule has 13 heavy (non-hydrogen) atoms. The summed E-state index contributed by atoms with van der Waals surface area (Å²) in [6, 6.07) is 0. The molecule has 80 valence electrons. The van der Waals surface area contributed by atoms with Crippen molar-refractivity contribution in [1.29, 1.82) is 0 Å². The molecule has 0 saturated carbocycles. The lowest BCUT2D eigenvalue weighted by molar-refractivity contribution is 0.144. The molecule has 0 saturated heterocycles. The molecule has 0 rings (SSSR count). The van der Waals surface area contributed by atoms with Gasteiger partial charge in [0.15, 0.2) is 0 Å². The van der Waals surface area contributed by atoms with Gasteiger partial charge in [0.2, 0.25) is 0 Å². The van der Waals surface area contributed by atoms with E-state index in [1.165, 1.54) is 6.42 Å². The van der Waals surface area contributed by atoms with Crippen LogP contribution in [0.2, 0.25) is 0 Å². The number of hydrogen-bond acceptors (Lipinski definition) is 2. The lowest BCUT2D eigenvalue weighted by Crippen LogP contribution is -2.22. The van der Waals surface area contributed by atoms with E-state index in [0.717, 1.165) is 32.7 Å². The zero-order valence-electron chi connectivity index (χ0n) is 9.65. The smallest absolute Gasteiger partial charge is 0.0477 e. The zero-order valence-corrected chi connectivity index (χ0v) is 9.65. The average molecular weight is 187 g/mol. The molecule has 0 aliphatic heterocycles. The fourth-order valence-corrected chi connectivity index (χ4v) is 1.03. The van der Waals surface area contributed by atoms with E-state index in [4.69, 9.17) is 4.74 Å². The molecule has 0 aliphatic carbocycles. The molecule has 0 unspecified atom stereocenters. The van der Waals surface area contributed by atoms with Gasteiger partial charge in [-0.3, -0.25) is 0 Å². The Labute approximate surface area is 83.1 Å². The Bertz CT molecular complexity index is 107. The molecule has 0 spiro atoms. The van der Waals surface area contributed by atoms with Gasteiger partial charge < -0.3 is 10.1 Å². The molecular formula is C11H25NO. The Morgan fingerprint density at radius 1 is 1.15 bits per heavy atom. The van der Waals surface area contributed by atoms with Gasteiger partial charge in [-0.2, -0.15) is 0 Å². The Morgan fingerprint density at radius 3 is 2.38 bits per heavy atom. The number of hydrogen-bond donors (Lipinski definition) is 1. The van der Waals surface area contributed by atoms with Gasteiger partial charge in [0, 0.05) is 13.2 Å². The second-order valence-corrected chi connectivity index (χ2v) is 4.61.